The summed E-state index contributed by atoms with van der Waals surface area (Å²) in [5.41, 5.74) is 1.72. The molecule has 1 aliphatic rings. The zero-order chi connectivity index (χ0) is 20.1. The van der Waals surface area contributed by atoms with Gasteiger partial charge in [0.15, 0.2) is 5.17 Å². The monoisotopic (exact) mass is 396 g/mol. The van der Waals surface area contributed by atoms with Crippen LogP contribution in [0.4, 0.5) is 0 Å². The van der Waals surface area contributed by atoms with Crippen LogP contribution < -0.4 is 10.1 Å². The van der Waals surface area contributed by atoms with E-state index in [1.165, 1.54) is 19.1 Å². The first-order valence-corrected chi connectivity index (χ1v) is 9.08. The van der Waals surface area contributed by atoms with Crippen molar-refractivity contribution < 1.29 is 24.2 Å². The molecule has 0 radical (unpaired) electrons. The lowest BCUT2D eigenvalue weighted by Crippen LogP contribution is -2.23. The van der Waals surface area contributed by atoms with Gasteiger partial charge in [0.25, 0.3) is 5.91 Å². The number of carboxylic acids is 1. The number of carbonyl (C=O) groups excluding carboxylic acids is 2. The maximum absolute atomic E-state index is 12.0. The summed E-state index contributed by atoms with van der Waals surface area (Å²) >= 11 is 1.09. The average Bonchev–Trinajstić information content (AvgIpc) is 2.99. The van der Waals surface area contributed by atoms with Gasteiger partial charge in [0.1, 0.15) is 12.4 Å². The van der Waals surface area contributed by atoms with Crippen LogP contribution in [0.25, 0.3) is 6.08 Å². The zero-order valence-electron chi connectivity index (χ0n) is 14.8. The van der Waals surface area contributed by atoms with E-state index in [1.54, 1.807) is 30.3 Å². The van der Waals surface area contributed by atoms with Crippen molar-refractivity contribution in [3.8, 4) is 5.75 Å². The quantitative estimate of drug-likeness (QED) is 0.753. The van der Waals surface area contributed by atoms with Gasteiger partial charge in [-0.1, -0.05) is 30.3 Å². The number of nitrogens with one attached hydrogen (secondary N) is 1. The molecule has 0 aromatic heterocycles. The first kappa shape index (κ1) is 19.4. The molecule has 7 nitrogen and oxygen atoms in total. The summed E-state index contributed by atoms with van der Waals surface area (Å²) in [4.78, 5) is 38.2. The molecule has 1 aliphatic heterocycles. The Morgan fingerprint density at radius 1 is 1.18 bits per heavy atom. The number of rotatable bonds is 5. The van der Waals surface area contributed by atoms with Gasteiger partial charge in [-0.15, -0.1) is 0 Å². The van der Waals surface area contributed by atoms with Crippen molar-refractivity contribution in [3.05, 3.63) is 70.1 Å². The topological polar surface area (TPSA) is 105 Å². The molecular formula is C20H16N2O5S. The Morgan fingerprint density at radius 2 is 1.89 bits per heavy atom. The second-order valence-corrected chi connectivity index (χ2v) is 6.87. The summed E-state index contributed by atoms with van der Waals surface area (Å²) in [6.45, 7) is 1.59. The molecule has 2 aromatic carbocycles. The maximum atomic E-state index is 12.0. The van der Waals surface area contributed by atoms with Crippen LogP contribution in [-0.4, -0.2) is 28.1 Å². The Hall–Kier alpha value is -3.39. The molecule has 0 fully saturated rings. The predicted molar refractivity (Wildman–Crippen MR) is 106 cm³/mol. The van der Waals surface area contributed by atoms with Crippen LogP contribution in [-0.2, 0) is 16.2 Å². The van der Waals surface area contributed by atoms with Gasteiger partial charge in [0.2, 0.25) is 5.91 Å². The predicted octanol–water partition coefficient (Wildman–Crippen LogP) is 3.07. The van der Waals surface area contributed by atoms with Crippen LogP contribution in [0.3, 0.4) is 0 Å². The number of amidine groups is 1. The van der Waals surface area contributed by atoms with Crippen LogP contribution in [0.1, 0.15) is 28.4 Å². The van der Waals surface area contributed by atoms with Crippen LogP contribution in [0.2, 0.25) is 0 Å². The van der Waals surface area contributed by atoms with Gasteiger partial charge in [-0.3, -0.25) is 9.59 Å². The summed E-state index contributed by atoms with van der Waals surface area (Å²) < 4.78 is 5.84. The number of aromatic carboxylic acids is 1. The molecule has 2 aromatic rings. The van der Waals surface area contributed by atoms with Gasteiger partial charge in [-0.25, -0.2) is 4.79 Å². The van der Waals surface area contributed by atoms with Gasteiger partial charge in [0, 0.05) is 12.5 Å². The Balaban J connectivity index is 1.72. The number of aliphatic imine (C=N–C) groups is 1. The highest BCUT2D eigenvalue weighted by molar-refractivity contribution is 8.18. The Kier molecular flexibility index (Phi) is 5.90. The zero-order valence-corrected chi connectivity index (χ0v) is 15.7. The number of hydrogen-bond donors (Lipinski definition) is 2. The smallest absolute Gasteiger partial charge is 0.335 e. The Bertz CT molecular complexity index is 996. The third-order valence-corrected chi connectivity index (χ3v) is 4.60. The van der Waals surface area contributed by atoms with E-state index in [0.29, 0.717) is 16.2 Å². The van der Waals surface area contributed by atoms with Gasteiger partial charge in [-0.2, -0.15) is 4.99 Å². The molecule has 1 heterocycles. The average molecular weight is 396 g/mol. The van der Waals surface area contributed by atoms with Gasteiger partial charge in [-0.05, 0) is 41.6 Å². The first-order chi connectivity index (χ1) is 13.4. The van der Waals surface area contributed by atoms with E-state index in [4.69, 9.17) is 9.84 Å². The standard InChI is InChI=1S/C20H16N2O5S/c1-12(23)21-20-22-18(24)17(28-20)10-15-4-2-3-5-16(15)27-11-13-6-8-14(9-7-13)19(25)26/h2-10H,11H2,1H3,(H,25,26)(H,21,22,23,24)/b17-10-. The molecule has 142 valence electrons. The molecule has 28 heavy (non-hydrogen) atoms. The van der Waals surface area contributed by atoms with Gasteiger partial charge in [0.05, 0.1) is 10.5 Å². The van der Waals surface area contributed by atoms with E-state index >= 15 is 0 Å². The fourth-order valence-corrected chi connectivity index (χ4v) is 3.24. The number of carboxylic acid groups (broad SMARTS) is 1. The van der Waals surface area contributed by atoms with Crippen LogP contribution in [0, 0.1) is 0 Å². The molecule has 8 heteroatoms. The van der Waals surface area contributed by atoms with Crippen LogP contribution >= 0.6 is 11.8 Å². The molecule has 0 spiro atoms. The largest absolute Gasteiger partial charge is 0.488 e. The summed E-state index contributed by atoms with van der Waals surface area (Å²) in [7, 11) is 0. The van der Waals surface area contributed by atoms with Crippen molar-refractivity contribution >= 4 is 40.8 Å². The lowest BCUT2D eigenvalue weighted by atomic mass is 10.1. The molecule has 0 unspecified atom stereocenters. The van der Waals surface area contributed by atoms with Crippen molar-refractivity contribution in [1.82, 2.24) is 5.32 Å². The summed E-state index contributed by atoms with van der Waals surface area (Å²) in [5, 5.41) is 11.7. The first-order valence-electron chi connectivity index (χ1n) is 8.26. The SMILES string of the molecule is CC(=O)NC1=NC(=O)/C(=C/c2ccccc2OCc2ccc(C(=O)O)cc2)S1. The summed E-state index contributed by atoms with van der Waals surface area (Å²) in [6, 6.07) is 13.6. The van der Waals surface area contributed by atoms with E-state index in [1.807, 2.05) is 12.1 Å². The summed E-state index contributed by atoms with van der Waals surface area (Å²) in [5.74, 6) is -1.13. The molecule has 3 rings (SSSR count). The minimum absolute atomic E-state index is 0.209. The molecule has 0 aliphatic carbocycles. The minimum atomic E-state index is -0.982. The van der Waals surface area contributed by atoms with Crippen molar-refractivity contribution in [2.24, 2.45) is 4.99 Å². The lowest BCUT2D eigenvalue weighted by Gasteiger charge is -2.10. The summed E-state index contributed by atoms with van der Waals surface area (Å²) in [6.07, 6.45) is 1.66. The lowest BCUT2D eigenvalue weighted by molar-refractivity contribution is -0.117. The van der Waals surface area contributed by atoms with Gasteiger partial charge >= 0.3 is 5.97 Å². The third kappa shape index (κ3) is 4.86. The highest BCUT2D eigenvalue weighted by Crippen LogP contribution is 2.30. The molecule has 0 saturated carbocycles. The van der Waals surface area contributed by atoms with Crippen molar-refractivity contribution in [3.63, 3.8) is 0 Å². The minimum Gasteiger partial charge on any atom is -0.488 e. The molecular weight excluding hydrogens is 380 g/mol. The number of benzene rings is 2. The number of para-hydroxylation sites is 1. The number of ether oxygens (including phenoxy) is 1. The van der Waals surface area contributed by atoms with Crippen molar-refractivity contribution in [2.75, 3.05) is 0 Å². The number of amides is 2. The normalized spacial score (nSPS) is 14.7. The highest BCUT2D eigenvalue weighted by atomic mass is 32.2. The van der Waals surface area contributed by atoms with Crippen LogP contribution in [0.15, 0.2) is 58.4 Å². The molecule has 0 bridgehead atoms. The van der Waals surface area contributed by atoms with E-state index in [9.17, 15) is 14.4 Å². The molecule has 2 N–H and O–H groups in total. The Morgan fingerprint density at radius 3 is 2.57 bits per heavy atom. The van der Waals surface area contributed by atoms with E-state index in [0.717, 1.165) is 17.3 Å². The number of thioether (sulfide) groups is 1. The second kappa shape index (κ2) is 8.53. The van der Waals surface area contributed by atoms with Crippen molar-refractivity contribution in [1.29, 1.82) is 0 Å². The second-order valence-electron chi connectivity index (χ2n) is 5.84. The Labute approximate surface area is 165 Å². The fourth-order valence-electron chi connectivity index (χ4n) is 2.39. The van der Waals surface area contributed by atoms with Crippen LogP contribution in [0.5, 0.6) is 5.75 Å². The number of hydrogen-bond acceptors (Lipinski definition) is 5. The number of carbonyl (C=O) groups is 3. The molecule has 0 atom stereocenters. The van der Waals surface area contributed by atoms with Gasteiger partial charge < -0.3 is 15.2 Å². The molecule has 0 saturated heterocycles. The highest BCUT2D eigenvalue weighted by Gasteiger charge is 2.23. The fraction of sp³-hybridized carbons (Fsp3) is 0.100. The molecule has 2 amide bonds. The number of nitrogens with zero attached hydrogens (tertiary/aromatic N) is 1. The van der Waals surface area contributed by atoms with E-state index in [2.05, 4.69) is 10.3 Å². The van der Waals surface area contributed by atoms with Crippen molar-refractivity contribution in [2.45, 2.75) is 13.5 Å². The van der Waals surface area contributed by atoms with E-state index in [-0.39, 0.29) is 23.2 Å². The maximum Gasteiger partial charge on any atom is 0.335 e. The van der Waals surface area contributed by atoms with E-state index < -0.39 is 11.9 Å². The third-order valence-electron chi connectivity index (χ3n) is 3.70.